The van der Waals surface area contributed by atoms with Crippen LogP contribution in [0.3, 0.4) is 0 Å². The lowest BCUT2D eigenvalue weighted by atomic mass is 10.0. The van der Waals surface area contributed by atoms with E-state index in [9.17, 15) is 18.4 Å². The zero-order valence-corrected chi connectivity index (χ0v) is 9.57. The molecule has 0 fully saturated rings. The van der Waals surface area contributed by atoms with Crippen LogP contribution in [0.4, 0.5) is 8.78 Å². The van der Waals surface area contributed by atoms with Gasteiger partial charge in [-0.1, -0.05) is 0 Å². The van der Waals surface area contributed by atoms with E-state index in [1.165, 1.54) is 14.2 Å². The molecule has 0 unspecified atom stereocenters. The largest absolute Gasteiger partial charge is 0.493 e. The third kappa shape index (κ3) is 2.55. The van der Waals surface area contributed by atoms with Gasteiger partial charge in [0, 0.05) is 5.56 Å². The summed E-state index contributed by atoms with van der Waals surface area (Å²) in [5.41, 5.74) is -0.989. The van der Waals surface area contributed by atoms with E-state index in [0.717, 1.165) is 12.1 Å². The van der Waals surface area contributed by atoms with Gasteiger partial charge in [-0.25, -0.2) is 13.6 Å². The molecule has 1 rings (SSSR count). The van der Waals surface area contributed by atoms with Gasteiger partial charge in [0.15, 0.2) is 11.5 Å². The molecule has 98 valence electrons. The summed E-state index contributed by atoms with van der Waals surface area (Å²) in [4.78, 5) is 22.0. The molecule has 0 heterocycles. The van der Waals surface area contributed by atoms with Crippen LogP contribution in [0.2, 0.25) is 0 Å². The summed E-state index contributed by atoms with van der Waals surface area (Å²) in [6.45, 7) is 0. The van der Waals surface area contributed by atoms with Crippen molar-refractivity contribution in [1.82, 2.24) is 0 Å². The van der Waals surface area contributed by atoms with Crippen molar-refractivity contribution in [1.29, 1.82) is 0 Å². The van der Waals surface area contributed by atoms with Gasteiger partial charge in [0.2, 0.25) is 0 Å². The van der Waals surface area contributed by atoms with Crippen molar-refractivity contribution < 1.29 is 33.0 Å². The molecule has 0 aliphatic carbocycles. The Morgan fingerprint density at radius 2 is 1.83 bits per heavy atom. The number of benzene rings is 1. The number of hydrogen-bond donors (Lipinski definition) is 1. The standard InChI is InChI=1S/C11H10F2O5/c1-17-7-4-5(10(12)13)3-6(9(7)18-2)8(14)11(15)16/h3-4,10H,1-2H3,(H,15,16). The minimum Gasteiger partial charge on any atom is -0.493 e. The molecular weight excluding hydrogens is 250 g/mol. The zero-order valence-electron chi connectivity index (χ0n) is 9.57. The number of carboxylic acids is 1. The Bertz CT molecular complexity index is 485. The molecule has 0 amide bonds. The van der Waals surface area contributed by atoms with Crippen molar-refractivity contribution in [3.63, 3.8) is 0 Å². The van der Waals surface area contributed by atoms with E-state index in [4.69, 9.17) is 14.6 Å². The summed E-state index contributed by atoms with van der Waals surface area (Å²) in [5.74, 6) is -3.41. The third-order valence-electron chi connectivity index (χ3n) is 2.19. The highest BCUT2D eigenvalue weighted by molar-refractivity contribution is 6.40. The van der Waals surface area contributed by atoms with Crippen molar-refractivity contribution in [2.75, 3.05) is 14.2 Å². The number of carboxylic acid groups (broad SMARTS) is 1. The van der Waals surface area contributed by atoms with Gasteiger partial charge in [-0.15, -0.1) is 0 Å². The Balaban J connectivity index is 3.50. The van der Waals surface area contributed by atoms with Crippen molar-refractivity contribution in [3.05, 3.63) is 23.3 Å². The van der Waals surface area contributed by atoms with E-state index in [0.29, 0.717) is 0 Å². The number of carbonyl (C=O) groups excluding carboxylic acids is 1. The van der Waals surface area contributed by atoms with Gasteiger partial charge < -0.3 is 14.6 Å². The van der Waals surface area contributed by atoms with Crippen LogP contribution in [0.1, 0.15) is 22.3 Å². The quantitative estimate of drug-likeness (QED) is 0.646. The SMILES string of the molecule is COc1cc(C(F)F)cc(C(=O)C(=O)O)c1OC. The molecule has 1 N–H and O–H groups in total. The van der Waals surface area contributed by atoms with Crippen LogP contribution in [0, 0.1) is 0 Å². The topological polar surface area (TPSA) is 72.8 Å². The monoisotopic (exact) mass is 260 g/mol. The Morgan fingerprint density at radius 3 is 2.22 bits per heavy atom. The highest BCUT2D eigenvalue weighted by atomic mass is 19.3. The number of ketones is 1. The second-order valence-corrected chi connectivity index (χ2v) is 3.24. The van der Waals surface area contributed by atoms with Gasteiger partial charge in [-0.3, -0.25) is 4.79 Å². The van der Waals surface area contributed by atoms with E-state index in [1.807, 2.05) is 0 Å². The lowest BCUT2D eigenvalue weighted by molar-refractivity contribution is -0.131. The Hall–Kier alpha value is -2.18. The minimum absolute atomic E-state index is 0.125. The molecule has 1 aromatic rings. The summed E-state index contributed by atoms with van der Waals surface area (Å²) in [5, 5.41) is 8.62. The number of alkyl halides is 2. The molecule has 0 aliphatic heterocycles. The number of carbonyl (C=O) groups is 2. The van der Waals surface area contributed by atoms with Crippen LogP contribution in [-0.4, -0.2) is 31.1 Å². The van der Waals surface area contributed by atoms with Gasteiger partial charge in [0.1, 0.15) is 0 Å². The second-order valence-electron chi connectivity index (χ2n) is 3.24. The molecule has 18 heavy (non-hydrogen) atoms. The molecule has 0 radical (unpaired) electrons. The maximum atomic E-state index is 12.6. The van der Waals surface area contributed by atoms with Gasteiger partial charge in [-0.2, -0.15) is 0 Å². The molecular formula is C11H10F2O5. The van der Waals surface area contributed by atoms with Crippen LogP contribution in [0.25, 0.3) is 0 Å². The molecule has 0 atom stereocenters. The number of hydrogen-bond acceptors (Lipinski definition) is 4. The van der Waals surface area contributed by atoms with Crippen LogP contribution < -0.4 is 9.47 Å². The molecule has 0 spiro atoms. The van der Waals surface area contributed by atoms with Crippen molar-refractivity contribution in [3.8, 4) is 11.5 Å². The van der Waals surface area contributed by atoms with Crippen LogP contribution in [0.15, 0.2) is 12.1 Å². The van der Waals surface area contributed by atoms with Crippen LogP contribution in [0.5, 0.6) is 11.5 Å². The summed E-state index contributed by atoms with van der Waals surface area (Å²) in [6.07, 6.45) is -2.86. The van der Waals surface area contributed by atoms with E-state index in [1.54, 1.807) is 0 Å². The Morgan fingerprint density at radius 1 is 1.22 bits per heavy atom. The fraction of sp³-hybridized carbons (Fsp3) is 0.273. The zero-order chi connectivity index (χ0) is 13.9. The maximum Gasteiger partial charge on any atom is 0.377 e. The van der Waals surface area contributed by atoms with Crippen molar-refractivity contribution in [2.24, 2.45) is 0 Å². The predicted molar refractivity (Wildman–Crippen MR) is 56.5 cm³/mol. The average Bonchev–Trinajstić information content (AvgIpc) is 2.35. The van der Waals surface area contributed by atoms with Crippen molar-refractivity contribution in [2.45, 2.75) is 6.43 Å². The maximum absolute atomic E-state index is 12.6. The summed E-state index contributed by atoms with van der Waals surface area (Å²) < 4.78 is 34.8. The average molecular weight is 260 g/mol. The predicted octanol–water partition coefficient (Wildman–Crippen LogP) is 1.91. The van der Waals surface area contributed by atoms with Crippen LogP contribution >= 0.6 is 0 Å². The molecule has 0 aliphatic rings. The van der Waals surface area contributed by atoms with E-state index >= 15 is 0 Å². The fourth-order valence-corrected chi connectivity index (χ4v) is 1.40. The molecule has 0 bridgehead atoms. The highest BCUT2D eigenvalue weighted by Gasteiger charge is 2.25. The number of Topliss-reactive ketones (excluding diaryl/α,β-unsaturated/α-hetero) is 1. The van der Waals surface area contributed by atoms with E-state index in [2.05, 4.69) is 0 Å². The summed E-state index contributed by atoms with van der Waals surface area (Å²) >= 11 is 0. The first-order valence-corrected chi connectivity index (χ1v) is 4.74. The third-order valence-corrected chi connectivity index (χ3v) is 2.19. The molecule has 5 nitrogen and oxygen atoms in total. The summed E-state index contributed by atoms with van der Waals surface area (Å²) in [7, 11) is 2.38. The van der Waals surface area contributed by atoms with Gasteiger partial charge in [0.05, 0.1) is 19.8 Å². The number of methoxy groups -OCH3 is 2. The van der Waals surface area contributed by atoms with E-state index in [-0.39, 0.29) is 11.5 Å². The highest BCUT2D eigenvalue weighted by Crippen LogP contribution is 2.36. The lowest BCUT2D eigenvalue weighted by Crippen LogP contribution is -2.15. The minimum atomic E-state index is -2.86. The molecule has 1 aromatic carbocycles. The molecule has 0 saturated carbocycles. The van der Waals surface area contributed by atoms with Gasteiger partial charge >= 0.3 is 5.97 Å². The molecule has 0 aromatic heterocycles. The first-order chi connectivity index (χ1) is 8.42. The first kappa shape index (κ1) is 13.9. The number of aliphatic carboxylic acids is 1. The lowest BCUT2D eigenvalue weighted by Gasteiger charge is -2.13. The number of rotatable bonds is 5. The summed E-state index contributed by atoms with van der Waals surface area (Å²) in [6, 6.07) is 1.77. The Labute approximate surface area is 101 Å². The molecule has 7 heteroatoms. The number of ether oxygens (including phenoxy) is 2. The van der Waals surface area contributed by atoms with Gasteiger partial charge in [0.25, 0.3) is 12.2 Å². The van der Waals surface area contributed by atoms with Crippen molar-refractivity contribution >= 4 is 11.8 Å². The van der Waals surface area contributed by atoms with Gasteiger partial charge in [-0.05, 0) is 12.1 Å². The fourth-order valence-electron chi connectivity index (χ4n) is 1.40. The smallest absolute Gasteiger partial charge is 0.377 e. The van der Waals surface area contributed by atoms with Crippen LogP contribution in [-0.2, 0) is 4.79 Å². The first-order valence-electron chi connectivity index (χ1n) is 4.74. The number of halogens is 2. The molecule has 0 saturated heterocycles. The van der Waals surface area contributed by atoms with E-state index < -0.39 is 29.3 Å². The second kappa shape index (κ2) is 5.44. The Kier molecular flexibility index (Phi) is 4.19. The normalized spacial score (nSPS) is 10.3.